The fourth-order valence-electron chi connectivity index (χ4n) is 2.12. The van der Waals surface area contributed by atoms with Crippen LogP contribution in [0, 0.1) is 12.7 Å². The summed E-state index contributed by atoms with van der Waals surface area (Å²) in [6, 6.07) is 3.71. The summed E-state index contributed by atoms with van der Waals surface area (Å²) < 4.78 is 19.2. The fraction of sp³-hybridized carbons (Fsp3) is 0.500. The second-order valence-electron chi connectivity index (χ2n) is 3.96. The average molecular weight is 209 g/mol. The summed E-state index contributed by atoms with van der Waals surface area (Å²) >= 11 is 0. The second-order valence-corrected chi connectivity index (χ2v) is 3.96. The van der Waals surface area contributed by atoms with Crippen LogP contribution in [0.2, 0.25) is 0 Å². The van der Waals surface area contributed by atoms with E-state index in [2.05, 4.69) is 5.32 Å². The van der Waals surface area contributed by atoms with Crippen molar-refractivity contribution in [3.05, 3.63) is 29.1 Å². The van der Waals surface area contributed by atoms with Crippen LogP contribution in [0.25, 0.3) is 0 Å². The summed E-state index contributed by atoms with van der Waals surface area (Å²) in [6.07, 6.45) is 2.08. The molecule has 1 atom stereocenters. The van der Waals surface area contributed by atoms with Crippen molar-refractivity contribution in [3.8, 4) is 5.75 Å². The molecule has 1 heterocycles. The molecular weight excluding hydrogens is 193 g/mol. The zero-order valence-electron chi connectivity index (χ0n) is 9.14. The van der Waals surface area contributed by atoms with Crippen molar-refractivity contribution in [1.29, 1.82) is 0 Å². The van der Waals surface area contributed by atoms with Gasteiger partial charge in [0.15, 0.2) is 0 Å². The third kappa shape index (κ3) is 1.84. The first-order valence-corrected chi connectivity index (χ1v) is 5.30. The van der Waals surface area contributed by atoms with Crippen LogP contribution in [0.5, 0.6) is 5.75 Å². The van der Waals surface area contributed by atoms with E-state index in [-0.39, 0.29) is 11.9 Å². The third-order valence-electron chi connectivity index (χ3n) is 2.96. The summed E-state index contributed by atoms with van der Waals surface area (Å²) in [5.74, 6) is 0.520. The average Bonchev–Trinajstić information content (AvgIpc) is 2.75. The van der Waals surface area contributed by atoms with Gasteiger partial charge < -0.3 is 10.1 Å². The normalized spacial score (nSPS) is 20.6. The van der Waals surface area contributed by atoms with Gasteiger partial charge in [0, 0.05) is 11.6 Å². The molecule has 0 aliphatic carbocycles. The van der Waals surface area contributed by atoms with E-state index >= 15 is 0 Å². The van der Waals surface area contributed by atoms with E-state index < -0.39 is 0 Å². The van der Waals surface area contributed by atoms with Crippen LogP contribution in [0.1, 0.15) is 30.0 Å². The van der Waals surface area contributed by atoms with Gasteiger partial charge in [0.2, 0.25) is 0 Å². The molecule has 0 radical (unpaired) electrons. The molecule has 1 saturated heterocycles. The van der Waals surface area contributed by atoms with Crippen LogP contribution in [0.4, 0.5) is 4.39 Å². The minimum absolute atomic E-state index is 0.111. The predicted octanol–water partition coefficient (Wildman–Crippen LogP) is 2.57. The van der Waals surface area contributed by atoms with Crippen LogP contribution in [0.15, 0.2) is 12.1 Å². The van der Waals surface area contributed by atoms with Crippen molar-refractivity contribution in [2.45, 2.75) is 25.8 Å². The van der Waals surface area contributed by atoms with E-state index in [4.69, 9.17) is 4.74 Å². The van der Waals surface area contributed by atoms with Crippen molar-refractivity contribution in [3.63, 3.8) is 0 Å². The van der Waals surface area contributed by atoms with E-state index in [1.807, 2.05) is 6.07 Å². The Morgan fingerprint density at radius 2 is 2.27 bits per heavy atom. The molecule has 82 valence electrons. The van der Waals surface area contributed by atoms with Gasteiger partial charge in [-0.15, -0.1) is 0 Å². The summed E-state index contributed by atoms with van der Waals surface area (Å²) in [4.78, 5) is 0. The van der Waals surface area contributed by atoms with Crippen molar-refractivity contribution >= 4 is 0 Å². The van der Waals surface area contributed by atoms with E-state index in [1.54, 1.807) is 20.1 Å². The molecule has 1 aliphatic heterocycles. The Kier molecular flexibility index (Phi) is 2.91. The van der Waals surface area contributed by atoms with Gasteiger partial charge in [0.25, 0.3) is 0 Å². The first-order valence-electron chi connectivity index (χ1n) is 5.30. The Balaban J connectivity index is 2.45. The van der Waals surface area contributed by atoms with E-state index in [0.29, 0.717) is 16.9 Å². The Morgan fingerprint density at radius 1 is 1.47 bits per heavy atom. The van der Waals surface area contributed by atoms with Crippen molar-refractivity contribution in [2.24, 2.45) is 0 Å². The molecule has 0 spiro atoms. The molecule has 3 heteroatoms. The first-order chi connectivity index (χ1) is 7.24. The lowest BCUT2D eigenvalue weighted by molar-refractivity contribution is 0.395. The molecule has 1 aromatic rings. The number of rotatable bonds is 2. The lowest BCUT2D eigenvalue weighted by atomic mass is 10.0. The van der Waals surface area contributed by atoms with Crippen LogP contribution in [-0.4, -0.2) is 13.7 Å². The Labute approximate surface area is 89.4 Å². The van der Waals surface area contributed by atoms with Gasteiger partial charge in [-0.1, -0.05) is 6.07 Å². The molecule has 0 saturated carbocycles. The third-order valence-corrected chi connectivity index (χ3v) is 2.96. The molecule has 1 N–H and O–H groups in total. The molecule has 1 aliphatic rings. The largest absolute Gasteiger partial charge is 0.496 e. The second kappa shape index (κ2) is 4.19. The van der Waals surface area contributed by atoms with Gasteiger partial charge in [-0.25, -0.2) is 4.39 Å². The first kappa shape index (κ1) is 10.4. The highest BCUT2D eigenvalue weighted by molar-refractivity contribution is 5.41. The number of benzene rings is 1. The molecular formula is C12H16FNO. The molecule has 1 fully saturated rings. The lowest BCUT2D eigenvalue weighted by Crippen LogP contribution is -2.16. The molecule has 2 rings (SSSR count). The van der Waals surface area contributed by atoms with Crippen LogP contribution in [-0.2, 0) is 0 Å². The highest BCUT2D eigenvalue weighted by Crippen LogP contribution is 2.34. The summed E-state index contributed by atoms with van der Waals surface area (Å²) in [5.41, 5.74) is 1.37. The number of hydrogen-bond donors (Lipinski definition) is 1. The highest BCUT2D eigenvalue weighted by atomic mass is 19.1. The quantitative estimate of drug-likeness (QED) is 0.808. The lowest BCUT2D eigenvalue weighted by Gasteiger charge is -2.17. The van der Waals surface area contributed by atoms with Gasteiger partial charge >= 0.3 is 0 Å². The van der Waals surface area contributed by atoms with Crippen molar-refractivity contribution in [1.82, 2.24) is 5.32 Å². The van der Waals surface area contributed by atoms with Gasteiger partial charge in [-0.05, 0) is 37.9 Å². The zero-order valence-corrected chi connectivity index (χ0v) is 9.14. The molecule has 2 nitrogen and oxygen atoms in total. The zero-order chi connectivity index (χ0) is 10.8. The minimum atomic E-state index is -0.131. The maximum atomic E-state index is 14.0. The maximum absolute atomic E-state index is 14.0. The molecule has 0 amide bonds. The van der Waals surface area contributed by atoms with E-state index in [0.717, 1.165) is 19.4 Å². The van der Waals surface area contributed by atoms with Crippen molar-refractivity contribution < 1.29 is 9.13 Å². The smallest absolute Gasteiger partial charge is 0.134 e. The molecule has 1 aromatic carbocycles. The number of methoxy groups -OCH3 is 1. The number of halogens is 1. The van der Waals surface area contributed by atoms with Crippen LogP contribution < -0.4 is 10.1 Å². The standard InChI is InChI=1S/C12H16FNO/c1-8-5-6-10(15-2)11(12(8)13)9-4-3-7-14-9/h5-6,9,14H,3-4,7H2,1-2H3. The molecule has 15 heavy (non-hydrogen) atoms. The summed E-state index contributed by atoms with van der Waals surface area (Å²) in [7, 11) is 1.59. The topological polar surface area (TPSA) is 21.3 Å². The van der Waals surface area contributed by atoms with Gasteiger partial charge in [-0.3, -0.25) is 0 Å². The van der Waals surface area contributed by atoms with Gasteiger partial charge in [0.05, 0.1) is 7.11 Å². The minimum Gasteiger partial charge on any atom is -0.496 e. The summed E-state index contributed by atoms with van der Waals surface area (Å²) in [6.45, 7) is 2.74. The fourth-order valence-corrected chi connectivity index (χ4v) is 2.12. The summed E-state index contributed by atoms with van der Waals surface area (Å²) in [5, 5.41) is 3.30. The number of hydrogen-bond acceptors (Lipinski definition) is 2. The number of nitrogens with one attached hydrogen (secondary N) is 1. The maximum Gasteiger partial charge on any atom is 0.134 e. The van der Waals surface area contributed by atoms with Crippen molar-refractivity contribution in [2.75, 3.05) is 13.7 Å². The van der Waals surface area contributed by atoms with E-state index in [9.17, 15) is 4.39 Å². The highest BCUT2D eigenvalue weighted by Gasteiger charge is 2.24. The molecule has 1 unspecified atom stereocenters. The van der Waals surface area contributed by atoms with Gasteiger partial charge in [0.1, 0.15) is 11.6 Å². The molecule has 0 bridgehead atoms. The van der Waals surface area contributed by atoms with Crippen LogP contribution >= 0.6 is 0 Å². The predicted molar refractivity (Wildman–Crippen MR) is 57.7 cm³/mol. The Bertz CT molecular complexity index is 359. The van der Waals surface area contributed by atoms with Gasteiger partial charge in [-0.2, -0.15) is 0 Å². The Hall–Kier alpha value is -1.09. The molecule has 0 aromatic heterocycles. The van der Waals surface area contributed by atoms with E-state index in [1.165, 1.54) is 0 Å². The van der Waals surface area contributed by atoms with Crippen LogP contribution in [0.3, 0.4) is 0 Å². The monoisotopic (exact) mass is 209 g/mol. The SMILES string of the molecule is COc1ccc(C)c(F)c1C1CCCN1. The number of ether oxygens (including phenoxy) is 1. The Morgan fingerprint density at radius 3 is 2.87 bits per heavy atom. The number of aryl methyl sites for hydroxylation is 1.